The Kier molecular flexibility index (Phi) is 5.69. The molecule has 0 aliphatic carbocycles. The minimum absolute atomic E-state index is 0.543. The highest BCUT2D eigenvalue weighted by atomic mass is 16.5. The zero-order valence-corrected chi connectivity index (χ0v) is 15.4. The number of anilines is 3. The minimum atomic E-state index is 0.543. The van der Waals surface area contributed by atoms with Gasteiger partial charge in [0.25, 0.3) is 0 Å². The summed E-state index contributed by atoms with van der Waals surface area (Å²) in [5.74, 6) is 4.33. The molecule has 0 amide bonds. The summed E-state index contributed by atoms with van der Waals surface area (Å²) in [6.45, 7) is 7.08. The molecule has 1 heterocycles. The lowest BCUT2D eigenvalue weighted by Crippen LogP contribution is -2.10. The zero-order valence-electron chi connectivity index (χ0n) is 15.4. The molecule has 2 aromatic carbocycles. The largest absolute Gasteiger partial charge is 0.455 e. The van der Waals surface area contributed by atoms with Crippen molar-refractivity contribution in [2.75, 3.05) is 17.2 Å². The first-order chi connectivity index (χ1) is 12.6. The second-order valence-corrected chi connectivity index (χ2v) is 6.50. The molecule has 0 spiro atoms. The molecule has 26 heavy (non-hydrogen) atoms. The smallest absolute Gasteiger partial charge is 0.150 e. The Morgan fingerprint density at radius 2 is 1.62 bits per heavy atom. The number of hydrogen-bond donors (Lipinski definition) is 2. The van der Waals surface area contributed by atoms with Crippen molar-refractivity contribution in [3.63, 3.8) is 0 Å². The van der Waals surface area contributed by atoms with Gasteiger partial charge < -0.3 is 15.4 Å². The van der Waals surface area contributed by atoms with E-state index in [0.29, 0.717) is 11.7 Å². The van der Waals surface area contributed by atoms with Crippen LogP contribution in [0.25, 0.3) is 0 Å². The predicted molar refractivity (Wildman–Crippen MR) is 106 cm³/mol. The van der Waals surface area contributed by atoms with Gasteiger partial charge in [0, 0.05) is 12.6 Å². The molecule has 0 unspecified atom stereocenters. The molecule has 134 valence electrons. The van der Waals surface area contributed by atoms with Crippen LogP contribution in [-0.4, -0.2) is 16.5 Å². The highest BCUT2D eigenvalue weighted by Gasteiger charge is 2.08. The van der Waals surface area contributed by atoms with Crippen LogP contribution in [0.4, 0.5) is 17.3 Å². The number of para-hydroxylation sites is 3. The second-order valence-electron chi connectivity index (χ2n) is 6.50. The van der Waals surface area contributed by atoms with Crippen LogP contribution in [0.1, 0.15) is 19.7 Å². The number of aromatic nitrogens is 2. The molecule has 0 saturated carbocycles. The Morgan fingerprint density at radius 1 is 0.923 bits per heavy atom. The lowest BCUT2D eigenvalue weighted by molar-refractivity contribution is 0.485. The van der Waals surface area contributed by atoms with Crippen molar-refractivity contribution < 1.29 is 4.74 Å². The summed E-state index contributed by atoms with van der Waals surface area (Å²) in [7, 11) is 0. The quantitative estimate of drug-likeness (QED) is 0.599. The Bertz CT molecular complexity index is 850. The fourth-order valence-electron chi connectivity index (χ4n) is 2.44. The van der Waals surface area contributed by atoms with Crippen molar-refractivity contribution in [3.05, 3.63) is 66.5 Å². The molecule has 5 nitrogen and oxygen atoms in total. The van der Waals surface area contributed by atoms with E-state index in [9.17, 15) is 0 Å². The van der Waals surface area contributed by atoms with Crippen LogP contribution in [0.3, 0.4) is 0 Å². The van der Waals surface area contributed by atoms with E-state index in [1.54, 1.807) is 0 Å². The fourth-order valence-corrected chi connectivity index (χ4v) is 2.44. The number of rotatable bonds is 7. The van der Waals surface area contributed by atoms with Crippen LogP contribution in [0, 0.1) is 12.8 Å². The number of aryl methyl sites for hydroxylation is 1. The van der Waals surface area contributed by atoms with E-state index in [1.165, 1.54) is 0 Å². The Labute approximate surface area is 154 Å². The normalized spacial score (nSPS) is 10.6. The summed E-state index contributed by atoms with van der Waals surface area (Å²) >= 11 is 0. The van der Waals surface area contributed by atoms with E-state index in [0.717, 1.165) is 35.4 Å². The van der Waals surface area contributed by atoms with E-state index in [4.69, 9.17) is 4.74 Å². The van der Waals surface area contributed by atoms with Gasteiger partial charge in [-0.05, 0) is 37.1 Å². The third-order valence-electron chi connectivity index (χ3n) is 3.65. The van der Waals surface area contributed by atoms with Gasteiger partial charge in [-0.25, -0.2) is 9.97 Å². The fraction of sp³-hybridized carbons (Fsp3) is 0.238. The molecule has 3 aromatic rings. The van der Waals surface area contributed by atoms with Crippen molar-refractivity contribution in [2.45, 2.75) is 20.8 Å². The highest BCUT2D eigenvalue weighted by Crippen LogP contribution is 2.31. The maximum Gasteiger partial charge on any atom is 0.150 e. The van der Waals surface area contributed by atoms with Gasteiger partial charge in [0.1, 0.15) is 23.2 Å². The number of hydrogen-bond acceptors (Lipinski definition) is 5. The van der Waals surface area contributed by atoms with E-state index in [1.807, 2.05) is 67.6 Å². The van der Waals surface area contributed by atoms with Crippen molar-refractivity contribution in [2.24, 2.45) is 5.92 Å². The molecule has 0 fully saturated rings. The molecule has 0 aliphatic heterocycles. The first-order valence-electron chi connectivity index (χ1n) is 8.78. The zero-order chi connectivity index (χ0) is 18.4. The average Bonchev–Trinajstić information content (AvgIpc) is 2.62. The molecule has 3 rings (SSSR count). The monoisotopic (exact) mass is 348 g/mol. The van der Waals surface area contributed by atoms with Crippen LogP contribution in [0.15, 0.2) is 60.7 Å². The second kappa shape index (κ2) is 8.34. The maximum absolute atomic E-state index is 6.00. The van der Waals surface area contributed by atoms with Gasteiger partial charge in [-0.15, -0.1) is 0 Å². The molecule has 0 atom stereocenters. The van der Waals surface area contributed by atoms with Gasteiger partial charge in [0.05, 0.1) is 5.69 Å². The molecule has 0 bridgehead atoms. The summed E-state index contributed by atoms with van der Waals surface area (Å²) in [4.78, 5) is 8.93. The SMILES string of the molecule is Cc1nc(NCC(C)C)cc(Nc2ccccc2Oc2ccccc2)n1. The Morgan fingerprint density at radius 3 is 2.38 bits per heavy atom. The summed E-state index contributed by atoms with van der Waals surface area (Å²) in [5.41, 5.74) is 0.851. The molecule has 1 aromatic heterocycles. The summed E-state index contributed by atoms with van der Waals surface area (Å²) in [6.07, 6.45) is 0. The Balaban J connectivity index is 1.81. The maximum atomic E-state index is 6.00. The molecular formula is C21H24N4O. The van der Waals surface area contributed by atoms with Crippen LogP contribution >= 0.6 is 0 Å². The summed E-state index contributed by atoms with van der Waals surface area (Å²) < 4.78 is 6.00. The van der Waals surface area contributed by atoms with Crippen molar-refractivity contribution in [3.8, 4) is 11.5 Å². The van der Waals surface area contributed by atoms with Gasteiger partial charge in [-0.3, -0.25) is 0 Å². The number of benzene rings is 2. The van der Waals surface area contributed by atoms with Crippen molar-refractivity contribution in [1.82, 2.24) is 9.97 Å². The molecule has 0 saturated heterocycles. The summed E-state index contributed by atoms with van der Waals surface area (Å²) in [6, 6.07) is 19.5. The highest BCUT2D eigenvalue weighted by molar-refractivity contribution is 5.66. The molecular weight excluding hydrogens is 324 g/mol. The van der Waals surface area contributed by atoms with Crippen LogP contribution in [-0.2, 0) is 0 Å². The van der Waals surface area contributed by atoms with E-state index in [2.05, 4.69) is 34.4 Å². The molecule has 5 heteroatoms. The minimum Gasteiger partial charge on any atom is -0.455 e. The lowest BCUT2D eigenvalue weighted by atomic mass is 10.2. The molecule has 0 radical (unpaired) electrons. The van der Waals surface area contributed by atoms with Crippen LogP contribution in [0.5, 0.6) is 11.5 Å². The van der Waals surface area contributed by atoms with Gasteiger partial charge >= 0.3 is 0 Å². The van der Waals surface area contributed by atoms with E-state index >= 15 is 0 Å². The van der Waals surface area contributed by atoms with E-state index < -0.39 is 0 Å². The third kappa shape index (κ3) is 4.96. The van der Waals surface area contributed by atoms with Crippen LogP contribution < -0.4 is 15.4 Å². The van der Waals surface area contributed by atoms with Gasteiger partial charge in [-0.2, -0.15) is 0 Å². The topological polar surface area (TPSA) is 59.1 Å². The summed E-state index contributed by atoms with van der Waals surface area (Å²) in [5, 5.41) is 6.69. The lowest BCUT2D eigenvalue weighted by Gasteiger charge is -2.14. The van der Waals surface area contributed by atoms with Crippen molar-refractivity contribution >= 4 is 17.3 Å². The average molecular weight is 348 g/mol. The first-order valence-corrected chi connectivity index (χ1v) is 8.78. The Hall–Kier alpha value is -3.08. The van der Waals surface area contributed by atoms with Gasteiger partial charge in [0.15, 0.2) is 5.75 Å². The standard InChI is InChI=1S/C21H24N4O/c1-15(2)14-22-20-13-21(24-16(3)23-20)25-18-11-7-8-12-19(18)26-17-9-5-4-6-10-17/h4-13,15H,14H2,1-3H3,(H2,22,23,24,25). The van der Waals surface area contributed by atoms with Gasteiger partial charge in [0.2, 0.25) is 0 Å². The number of nitrogens with zero attached hydrogens (tertiary/aromatic N) is 2. The molecule has 2 N–H and O–H groups in total. The van der Waals surface area contributed by atoms with Gasteiger partial charge in [-0.1, -0.05) is 44.2 Å². The molecule has 0 aliphatic rings. The number of nitrogens with one attached hydrogen (secondary N) is 2. The van der Waals surface area contributed by atoms with Crippen LogP contribution in [0.2, 0.25) is 0 Å². The predicted octanol–water partition coefficient (Wildman–Crippen LogP) is 5.39. The van der Waals surface area contributed by atoms with Crippen molar-refractivity contribution in [1.29, 1.82) is 0 Å². The van der Waals surface area contributed by atoms with E-state index in [-0.39, 0.29) is 0 Å². The first kappa shape index (κ1) is 17.7. The third-order valence-corrected chi connectivity index (χ3v) is 3.65. The number of ether oxygens (including phenoxy) is 1.